The van der Waals surface area contributed by atoms with E-state index in [0.29, 0.717) is 13.0 Å². The second-order valence-electron chi connectivity index (χ2n) is 4.13. The molecule has 0 aliphatic heterocycles. The third-order valence-electron chi connectivity index (χ3n) is 2.97. The molecule has 0 saturated heterocycles. The van der Waals surface area contributed by atoms with E-state index in [-0.39, 0.29) is 18.2 Å². The minimum Gasteiger partial charge on any atom is -0.383 e. The Bertz CT molecular complexity index is 472. The van der Waals surface area contributed by atoms with E-state index in [2.05, 4.69) is 4.98 Å². The van der Waals surface area contributed by atoms with Crippen LogP contribution in [0.4, 0.5) is 4.39 Å². The molecule has 2 rings (SSSR count). The number of hydrogen-bond acceptors (Lipinski definition) is 2. The molecule has 0 spiro atoms. The first-order chi connectivity index (χ1) is 8.14. The van der Waals surface area contributed by atoms with Gasteiger partial charge in [-0.05, 0) is 24.1 Å². The van der Waals surface area contributed by atoms with E-state index < -0.39 is 5.60 Å². The van der Waals surface area contributed by atoms with Gasteiger partial charge in [-0.1, -0.05) is 19.1 Å². The van der Waals surface area contributed by atoms with Crippen LogP contribution in [-0.2, 0) is 12.1 Å². The van der Waals surface area contributed by atoms with E-state index in [9.17, 15) is 9.50 Å². The van der Waals surface area contributed by atoms with Gasteiger partial charge in [0.2, 0.25) is 0 Å². The summed E-state index contributed by atoms with van der Waals surface area (Å²) >= 11 is 0. The Hall–Kier alpha value is -1.39. The zero-order valence-electron chi connectivity index (χ0n) is 10.1. The highest BCUT2D eigenvalue weighted by Gasteiger charge is 2.27. The maximum atomic E-state index is 12.9. The summed E-state index contributed by atoms with van der Waals surface area (Å²) in [4.78, 5) is 3.94. The van der Waals surface area contributed by atoms with Gasteiger partial charge in [-0.2, -0.15) is 0 Å². The molecule has 3 nitrogen and oxygen atoms in total. The third kappa shape index (κ3) is 3.09. The largest absolute Gasteiger partial charge is 0.383 e. The SMILES string of the molecule is CCC(O)(Cn1ccnc1)c1ccc(F)cc1.Cl. The lowest BCUT2D eigenvalue weighted by Gasteiger charge is -2.27. The summed E-state index contributed by atoms with van der Waals surface area (Å²) in [7, 11) is 0. The summed E-state index contributed by atoms with van der Waals surface area (Å²) < 4.78 is 14.7. The predicted octanol–water partition coefficient (Wildman–Crippen LogP) is 2.74. The Morgan fingerprint density at radius 1 is 1.33 bits per heavy atom. The van der Waals surface area contributed by atoms with Crippen LogP contribution >= 0.6 is 12.4 Å². The van der Waals surface area contributed by atoms with Crippen LogP contribution in [0.15, 0.2) is 43.0 Å². The molecule has 0 aliphatic rings. The minimum absolute atomic E-state index is 0. The summed E-state index contributed by atoms with van der Waals surface area (Å²) in [5, 5.41) is 10.6. The fourth-order valence-corrected chi connectivity index (χ4v) is 1.85. The highest BCUT2D eigenvalue weighted by atomic mass is 35.5. The molecule has 1 heterocycles. The molecule has 1 N–H and O–H groups in total. The van der Waals surface area contributed by atoms with E-state index in [1.165, 1.54) is 12.1 Å². The van der Waals surface area contributed by atoms with Crippen molar-refractivity contribution in [2.75, 3.05) is 0 Å². The van der Waals surface area contributed by atoms with Gasteiger partial charge in [0.25, 0.3) is 0 Å². The average molecular weight is 271 g/mol. The highest BCUT2D eigenvalue weighted by Crippen LogP contribution is 2.27. The number of benzene rings is 1. The van der Waals surface area contributed by atoms with Crippen molar-refractivity contribution < 1.29 is 9.50 Å². The van der Waals surface area contributed by atoms with Gasteiger partial charge < -0.3 is 9.67 Å². The molecule has 1 unspecified atom stereocenters. The molecule has 0 amide bonds. The minimum atomic E-state index is -0.992. The zero-order chi connectivity index (χ0) is 12.3. The average Bonchev–Trinajstić information content (AvgIpc) is 2.82. The van der Waals surface area contributed by atoms with E-state index in [1.807, 2.05) is 11.5 Å². The maximum absolute atomic E-state index is 12.9. The fourth-order valence-electron chi connectivity index (χ4n) is 1.85. The van der Waals surface area contributed by atoms with Crippen LogP contribution in [0.2, 0.25) is 0 Å². The lowest BCUT2D eigenvalue weighted by atomic mass is 9.91. The van der Waals surface area contributed by atoms with Gasteiger partial charge >= 0.3 is 0 Å². The summed E-state index contributed by atoms with van der Waals surface area (Å²) in [5.41, 5.74) is -0.274. The van der Waals surface area contributed by atoms with Gasteiger partial charge in [-0.3, -0.25) is 0 Å². The van der Waals surface area contributed by atoms with Gasteiger partial charge in [-0.25, -0.2) is 9.37 Å². The van der Waals surface area contributed by atoms with Crippen molar-refractivity contribution in [1.82, 2.24) is 9.55 Å². The van der Waals surface area contributed by atoms with Gasteiger partial charge in [0.05, 0.1) is 12.9 Å². The van der Waals surface area contributed by atoms with E-state index in [4.69, 9.17) is 0 Å². The molecule has 0 aliphatic carbocycles. The molecule has 1 atom stereocenters. The second kappa shape index (κ2) is 5.98. The number of nitrogens with zero attached hydrogens (tertiary/aromatic N) is 2. The number of aromatic nitrogens is 2. The van der Waals surface area contributed by atoms with Gasteiger partial charge in [0, 0.05) is 12.4 Å². The lowest BCUT2D eigenvalue weighted by molar-refractivity contribution is 0.0143. The zero-order valence-corrected chi connectivity index (χ0v) is 10.9. The van der Waals surface area contributed by atoms with Crippen LogP contribution < -0.4 is 0 Å². The van der Waals surface area contributed by atoms with Crippen LogP contribution in [0, 0.1) is 5.82 Å². The summed E-state index contributed by atoms with van der Waals surface area (Å²) in [6.07, 6.45) is 5.67. The molecule has 0 saturated carbocycles. The number of hydrogen-bond donors (Lipinski definition) is 1. The van der Waals surface area contributed by atoms with E-state index in [1.54, 1.807) is 30.9 Å². The quantitative estimate of drug-likeness (QED) is 0.928. The topological polar surface area (TPSA) is 38.0 Å². The molecular weight excluding hydrogens is 255 g/mol. The van der Waals surface area contributed by atoms with Crippen molar-refractivity contribution in [2.24, 2.45) is 0 Å². The number of rotatable bonds is 4. The Kier molecular flexibility index (Phi) is 4.87. The smallest absolute Gasteiger partial charge is 0.123 e. The molecule has 2 aromatic rings. The fraction of sp³-hybridized carbons (Fsp3) is 0.308. The Morgan fingerprint density at radius 2 is 2.00 bits per heavy atom. The first kappa shape index (κ1) is 14.7. The van der Waals surface area contributed by atoms with Gasteiger partial charge in [-0.15, -0.1) is 12.4 Å². The third-order valence-corrected chi connectivity index (χ3v) is 2.97. The van der Waals surface area contributed by atoms with E-state index in [0.717, 1.165) is 5.56 Å². The van der Waals surface area contributed by atoms with Gasteiger partial charge in [0.15, 0.2) is 0 Å². The van der Waals surface area contributed by atoms with Crippen molar-refractivity contribution in [3.05, 3.63) is 54.4 Å². The van der Waals surface area contributed by atoms with Crippen molar-refractivity contribution >= 4 is 12.4 Å². The van der Waals surface area contributed by atoms with Crippen molar-refractivity contribution in [1.29, 1.82) is 0 Å². The van der Waals surface area contributed by atoms with Crippen LogP contribution in [0.3, 0.4) is 0 Å². The maximum Gasteiger partial charge on any atom is 0.123 e. The molecule has 98 valence electrons. The molecule has 0 bridgehead atoms. The second-order valence-corrected chi connectivity index (χ2v) is 4.13. The molecule has 0 radical (unpaired) electrons. The molecular formula is C13H16ClFN2O. The Balaban J connectivity index is 0.00000162. The van der Waals surface area contributed by atoms with Crippen molar-refractivity contribution in [2.45, 2.75) is 25.5 Å². The monoisotopic (exact) mass is 270 g/mol. The summed E-state index contributed by atoms with van der Waals surface area (Å²) in [5.74, 6) is -0.296. The van der Waals surface area contributed by atoms with Crippen LogP contribution in [-0.4, -0.2) is 14.7 Å². The molecule has 1 aromatic heterocycles. The Labute approximate surface area is 112 Å². The van der Waals surface area contributed by atoms with Crippen LogP contribution in [0.25, 0.3) is 0 Å². The van der Waals surface area contributed by atoms with Crippen molar-refractivity contribution in [3.8, 4) is 0 Å². The van der Waals surface area contributed by atoms with E-state index >= 15 is 0 Å². The molecule has 0 fully saturated rings. The van der Waals surface area contributed by atoms with Crippen molar-refractivity contribution in [3.63, 3.8) is 0 Å². The lowest BCUT2D eigenvalue weighted by Crippen LogP contribution is -2.30. The Morgan fingerprint density at radius 3 is 2.50 bits per heavy atom. The summed E-state index contributed by atoms with van der Waals surface area (Å²) in [6, 6.07) is 5.97. The highest BCUT2D eigenvalue weighted by molar-refractivity contribution is 5.85. The number of halogens is 2. The first-order valence-corrected chi connectivity index (χ1v) is 5.58. The number of imidazole rings is 1. The predicted molar refractivity (Wildman–Crippen MR) is 70.1 cm³/mol. The van der Waals surface area contributed by atoms with Crippen LogP contribution in [0.1, 0.15) is 18.9 Å². The normalized spacial score (nSPS) is 13.7. The molecule has 18 heavy (non-hydrogen) atoms. The van der Waals surface area contributed by atoms with Crippen LogP contribution in [0.5, 0.6) is 0 Å². The first-order valence-electron chi connectivity index (χ1n) is 5.58. The van der Waals surface area contributed by atoms with Gasteiger partial charge in [0.1, 0.15) is 11.4 Å². The molecule has 1 aromatic carbocycles. The summed E-state index contributed by atoms with van der Waals surface area (Å²) in [6.45, 7) is 2.31. The standard InChI is InChI=1S/C13H15FN2O.ClH/c1-2-13(17,9-16-8-7-15-10-16)11-3-5-12(14)6-4-11;/h3-8,10,17H,2,9H2,1H3;1H. The molecule has 5 heteroatoms. The number of aliphatic hydroxyl groups is 1.